The summed E-state index contributed by atoms with van der Waals surface area (Å²) in [5.74, 6) is -0.386. The predicted octanol–water partition coefficient (Wildman–Crippen LogP) is 1.62. The smallest absolute Gasteiger partial charge is 0.295 e. The summed E-state index contributed by atoms with van der Waals surface area (Å²) in [6.45, 7) is 1.82. The normalized spacial score (nSPS) is 11.0. The van der Waals surface area contributed by atoms with Gasteiger partial charge in [0.05, 0.1) is 23.3 Å². The highest BCUT2D eigenvalue weighted by atomic mass is 16.2. The van der Waals surface area contributed by atoms with Crippen LogP contribution in [0.15, 0.2) is 64.2 Å². The zero-order valence-electron chi connectivity index (χ0n) is 16.6. The fourth-order valence-electron chi connectivity index (χ4n) is 3.29. The average molecular weight is 404 g/mol. The SMILES string of the molecule is Cc1c(NC(=O)CCn2nnc3ccccc3c2=O)c(=O)n(-c2ccccc2)n1C. The molecule has 0 bridgehead atoms. The fourth-order valence-corrected chi connectivity index (χ4v) is 3.29. The predicted molar refractivity (Wildman–Crippen MR) is 113 cm³/mol. The minimum Gasteiger partial charge on any atom is -0.320 e. The van der Waals surface area contributed by atoms with Gasteiger partial charge in [-0.05, 0) is 31.2 Å². The Balaban J connectivity index is 1.54. The van der Waals surface area contributed by atoms with Crippen LogP contribution in [0.25, 0.3) is 16.6 Å². The van der Waals surface area contributed by atoms with Gasteiger partial charge in [0, 0.05) is 13.5 Å². The Morgan fingerprint density at radius 1 is 1.00 bits per heavy atom. The molecule has 0 saturated heterocycles. The van der Waals surface area contributed by atoms with Crippen LogP contribution in [-0.2, 0) is 18.4 Å². The van der Waals surface area contributed by atoms with Gasteiger partial charge in [0.15, 0.2) is 0 Å². The molecule has 4 rings (SSSR count). The van der Waals surface area contributed by atoms with Crippen molar-refractivity contribution in [2.45, 2.75) is 19.9 Å². The Labute approximate surface area is 171 Å². The molecular weight excluding hydrogens is 384 g/mol. The third-order valence-electron chi connectivity index (χ3n) is 5.00. The molecule has 0 saturated carbocycles. The number of aryl methyl sites for hydroxylation is 1. The molecule has 0 unspecified atom stereocenters. The van der Waals surface area contributed by atoms with Gasteiger partial charge in [0.25, 0.3) is 11.1 Å². The zero-order chi connectivity index (χ0) is 21.3. The molecule has 2 heterocycles. The molecule has 0 aliphatic carbocycles. The van der Waals surface area contributed by atoms with Gasteiger partial charge in [-0.3, -0.25) is 19.1 Å². The van der Waals surface area contributed by atoms with E-state index in [4.69, 9.17) is 0 Å². The number of para-hydroxylation sites is 1. The van der Waals surface area contributed by atoms with Crippen LogP contribution >= 0.6 is 0 Å². The first kappa shape index (κ1) is 19.3. The number of nitrogens with zero attached hydrogens (tertiary/aromatic N) is 5. The van der Waals surface area contributed by atoms with Crippen molar-refractivity contribution in [3.05, 3.63) is 81.0 Å². The molecule has 0 aliphatic heterocycles. The van der Waals surface area contributed by atoms with Crippen LogP contribution in [0.5, 0.6) is 0 Å². The number of carbonyl (C=O) groups excluding carboxylic acids is 1. The Morgan fingerprint density at radius 2 is 1.70 bits per heavy atom. The average Bonchev–Trinajstić information content (AvgIpc) is 2.97. The number of anilines is 1. The van der Waals surface area contributed by atoms with E-state index in [-0.39, 0.29) is 35.7 Å². The van der Waals surface area contributed by atoms with Gasteiger partial charge < -0.3 is 5.32 Å². The minimum atomic E-state index is -0.386. The van der Waals surface area contributed by atoms with E-state index in [1.807, 2.05) is 30.3 Å². The molecule has 2 aromatic heterocycles. The number of carbonyl (C=O) groups is 1. The molecule has 152 valence electrons. The van der Waals surface area contributed by atoms with Crippen molar-refractivity contribution in [1.29, 1.82) is 0 Å². The van der Waals surface area contributed by atoms with Crippen LogP contribution in [0.3, 0.4) is 0 Å². The lowest BCUT2D eigenvalue weighted by molar-refractivity contribution is -0.116. The van der Waals surface area contributed by atoms with Crippen molar-refractivity contribution >= 4 is 22.5 Å². The molecule has 0 spiro atoms. The summed E-state index contributed by atoms with van der Waals surface area (Å²) in [5, 5.41) is 11.0. The van der Waals surface area contributed by atoms with E-state index in [2.05, 4.69) is 15.6 Å². The molecule has 1 amide bonds. The van der Waals surface area contributed by atoms with Crippen LogP contribution in [0.2, 0.25) is 0 Å². The molecule has 0 radical (unpaired) electrons. The Hall–Kier alpha value is -4.01. The van der Waals surface area contributed by atoms with Gasteiger partial charge in [-0.25, -0.2) is 9.36 Å². The van der Waals surface area contributed by atoms with Crippen molar-refractivity contribution in [3.63, 3.8) is 0 Å². The van der Waals surface area contributed by atoms with E-state index in [9.17, 15) is 14.4 Å². The lowest BCUT2D eigenvalue weighted by Crippen LogP contribution is -2.27. The summed E-state index contributed by atoms with van der Waals surface area (Å²) in [5.41, 5.74) is 1.41. The lowest BCUT2D eigenvalue weighted by Gasteiger charge is -2.07. The number of benzene rings is 2. The van der Waals surface area contributed by atoms with Crippen molar-refractivity contribution in [2.24, 2.45) is 7.05 Å². The van der Waals surface area contributed by atoms with E-state index in [0.29, 0.717) is 22.3 Å². The summed E-state index contributed by atoms with van der Waals surface area (Å²) < 4.78 is 4.33. The highest BCUT2D eigenvalue weighted by Gasteiger charge is 2.18. The zero-order valence-corrected chi connectivity index (χ0v) is 16.6. The Morgan fingerprint density at radius 3 is 2.47 bits per heavy atom. The second-order valence-electron chi connectivity index (χ2n) is 6.87. The number of rotatable bonds is 5. The van der Waals surface area contributed by atoms with Crippen LogP contribution in [0.4, 0.5) is 5.69 Å². The van der Waals surface area contributed by atoms with E-state index in [0.717, 1.165) is 4.68 Å². The Bertz CT molecular complexity index is 1350. The molecule has 4 aromatic rings. The summed E-state index contributed by atoms with van der Waals surface area (Å²) >= 11 is 0. The summed E-state index contributed by atoms with van der Waals surface area (Å²) in [6.07, 6.45) is -0.0218. The maximum absolute atomic E-state index is 12.9. The molecule has 9 nitrogen and oxygen atoms in total. The second kappa shape index (κ2) is 7.78. The van der Waals surface area contributed by atoms with Gasteiger partial charge in [0.1, 0.15) is 11.2 Å². The van der Waals surface area contributed by atoms with Gasteiger partial charge >= 0.3 is 0 Å². The fraction of sp³-hybridized carbons (Fsp3) is 0.190. The number of aromatic nitrogens is 5. The van der Waals surface area contributed by atoms with Gasteiger partial charge in [0.2, 0.25) is 5.91 Å². The van der Waals surface area contributed by atoms with E-state index < -0.39 is 0 Å². The Kier molecular flexibility index (Phi) is 5.01. The van der Waals surface area contributed by atoms with Crippen LogP contribution in [-0.4, -0.2) is 30.3 Å². The first-order valence-corrected chi connectivity index (χ1v) is 9.44. The molecule has 9 heteroatoms. The molecule has 0 atom stereocenters. The van der Waals surface area contributed by atoms with Gasteiger partial charge in [-0.1, -0.05) is 35.5 Å². The number of fused-ring (bicyclic) bond motifs is 1. The largest absolute Gasteiger partial charge is 0.320 e. The van der Waals surface area contributed by atoms with Crippen LogP contribution < -0.4 is 16.4 Å². The maximum atomic E-state index is 12.9. The van der Waals surface area contributed by atoms with Crippen LogP contribution in [0.1, 0.15) is 12.1 Å². The molecular formula is C21H20N6O3. The number of amides is 1. The highest BCUT2D eigenvalue weighted by molar-refractivity contribution is 5.91. The van der Waals surface area contributed by atoms with Crippen molar-refractivity contribution < 1.29 is 4.79 Å². The maximum Gasteiger partial charge on any atom is 0.295 e. The van der Waals surface area contributed by atoms with Gasteiger partial charge in [-0.15, -0.1) is 5.10 Å². The van der Waals surface area contributed by atoms with Gasteiger partial charge in [-0.2, -0.15) is 0 Å². The topological polar surface area (TPSA) is 104 Å². The number of nitrogens with one attached hydrogen (secondary N) is 1. The molecule has 2 aromatic carbocycles. The monoisotopic (exact) mass is 404 g/mol. The standard InChI is InChI=1S/C21H20N6O3/c1-14-19(21(30)27(25(14)2)15-8-4-3-5-9-15)22-18(28)12-13-26-20(29)16-10-6-7-11-17(16)23-24-26/h3-11H,12-13H2,1-2H3,(H,22,28). The first-order valence-electron chi connectivity index (χ1n) is 9.44. The number of hydrogen-bond donors (Lipinski definition) is 1. The quantitative estimate of drug-likeness (QED) is 0.544. The molecule has 0 aliphatic rings. The van der Waals surface area contributed by atoms with E-state index in [1.165, 1.54) is 4.68 Å². The van der Waals surface area contributed by atoms with Crippen molar-refractivity contribution in [2.75, 3.05) is 5.32 Å². The van der Waals surface area contributed by atoms with E-state index in [1.54, 1.807) is 42.9 Å². The molecule has 0 fully saturated rings. The summed E-state index contributed by atoms with van der Waals surface area (Å²) in [4.78, 5) is 37.8. The third-order valence-corrected chi connectivity index (χ3v) is 5.00. The second-order valence-corrected chi connectivity index (χ2v) is 6.87. The molecule has 30 heavy (non-hydrogen) atoms. The van der Waals surface area contributed by atoms with Crippen molar-refractivity contribution in [3.8, 4) is 5.69 Å². The molecule has 1 N–H and O–H groups in total. The summed E-state index contributed by atoms with van der Waals surface area (Å²) in [6, 6.07) is 16.1. The summed E-state index contributed by atoms with van der Waals surface area (Å²) in [7, 11) is 1.75. The van der Waals surface area contributed by atoms with Crippen molar-refractivity contribution in [1.82, 2.24) is 24.4 Å². The third kappa shape index (κ3) is 3.41. The highest BCUT2D eigenvalue weighted by Crippen LogP contribution is 2.14. The van der Waals surface area contributed by atoms with E-state index >= 15 is 0 Å². The first-order chi connectivity index (χ1) is 14.5. The van der Waals surface area contributed by atoms with Crippen LogP contribution in [0, 0.1) is 6.92 Å². The number of hydrogen-bond acceptors (Lipinski definition) is 5. The minimum absolute atomic E-state index is 0.0218. The lowest BCUT2D eigenvalue weighted by atomic mass is 10.2.